The van der Waals surface area contributed by atoms with Crippen molar-refractivity contribution in [1.82, 2.24) is 9.03 Å². The van der Waals surface area contributed by atoms with Gasteiger partial charge in [-0.3, -0.25) is 0 Å². The molecule has 0 saturated carbocycles. The number of allylic oxidation sites excluding steroid dienone is 2. The first-order chi connectivity index (χ1) is 13.3. The normalized spacial score (nSPS) is 21.5. The molecule has 1 N–H and O–H groups in total. The third-order valence-electron chi connectivity index (χ3n) is 4.67. The van der Waals surface area contributed by atoms with Crippen molar-refractivity contribution in [2.45, 2.75) is 18.1 Å². The Morgan fingerprint density at radius 1 is 1.14 bits per heavy atom. The first kappa shape index (κ1) is 21.1. The fourth-order valence-electron chi connectivity index (χ4n) is 3.11. The van der Waals surface area contributed by atoms with Gasteiger partial charge in [0, 0.05) is 19.6 Å². The van der Waals surface area contributed by atoms with Crippen LogP contribution in [0, 0.1) is 5.82 Å². The number of benzene rings is 1. The molecule has 154 valence electrons. The molecule has 1 aromatic rings. The summed E-state index contributed by atoms with van der Waals surface area (Å²) in [6, 6.07) is 6.15. The summed E-state index contributed by atoms with van der Waals surface area (Å²) < 4.78 is 73.3. The van der Waals surface area contributed by atoms with E-state index in [1.165, 1.54) is 22.5 Å². The second-order valence-electron chi connectivity index (χ2n) is 6.54. The van der Waals surface area contributed by atoms with Gasteiger partial charge in [-0.2, -0.15) is 4.31 Å². The molecule has 1 atom stereocenters. The molecular weight excluding hydrogens is 407 g/mol. The summed E-state index contributed by atoms with van der Waals surface area (Å²) >= 11 is 0. The smallest absolute Gasteiger partial charge is 0.240 e. The van der Waals surface area contributed by atoms with Crippen LogP contribution in [0.4, 0.5) is 4.39 Å². The molecule has 1 aromatic carbocycles. The molecule has 0 amide bonds. The maximum atomic E-state index is 13.6. The predicted molar refractivity (Wildman–Crippen MR) is 104 cm³/mol. The van der Waals surface area contributed by atoms with Crippen molar-refractivity contribution < 1.29 is 26.0 Å². The molecule has 1 fully saturated rings. The van der Waals surface area contributed by atoms with Gasteiger partial charge in [-0.05, 0) is 36.6 Å². The molecule has 1 aliphatic heterocycles. The van der Waals surface area contributed by atoms with Crippen LogP contribution >= 0.6 is 0 Å². The highest BCUT2D eigenvalue weighted by Crippen LogP contribution is 2.23. The summed E-state index contributed by atoms with van der Waals surface area (Å²) in [6.45, 7) is 1.19. The number of hydrogen-bond acceptors (Lipinski definition) is 5. The summed E-state index contributed by atoms with van der Waals surface area (Å²) in [5.74, 6) is -0.393. The van der Waals surface area contributed by atoms with Crippen LogP contribution in [0.25, 0.3) is 0 Å². The summed E-state index contributed by atoms with van der Waals surface area (Å²) in [4.78, 5) is -0.0888. The predicted octanol–water partition coefficient (Wildman–Crippen LogP) is 1.16. The summed E-state index contributed by atoms with van der Waals surface area (Å²) in [5, 5.41) is -0.936. The first-order valence-electron chi connectivity index (χ1n) is 8.99. The molecule has 2 aliphatic rings. The molecule has 1 aliphatic carbocycles. The molecule has 0 spiro atoms. The van der Waals surface area contributed by atoms with E-state index in [4.69, 9.17) is 4.74 Å². The lowest BCUT2D eigenvalue weighted by Gasteiger charge is -2.29. The Kier molecular flexibility index (Phi) is 6.66. The van der Waals surface area contributed by atoms with Crippen LogP contribution in [-0.4, -0.2) is 59.2 Å². The first-order valence-corrected chi connectivity index (χ1v) is 12.0. The van der Waals surface area contributed by atoms with E-state index >= 15 is 0 Å². The van der Waals surface area contributed by atoms with Crippen molar-refractivity contribution >= 4 is 20.0 Å². The summed E-state index contributed by atoms with van der Waals surface area (Å²) in [6.07, 6.45) is 4.63. The SMILES string of the molecule is O=S(=O)(NCCc1ccccc1F)C1=CC(S(=O)(=O)N2CCOCC2)CC=C1. The lowest BCUT2D eigenvalue weighted by molar-refractivity contribution is 0.0728. The van der Waals surface area contributed by atoms with Gasteiger partial charge in [0.1, 0.15) is 5.82 Å². The summed E-state index contributed by atoms with van der Waals surface area (Å²) in [5.41, 5.74) is 0.408. The molecule has 1 saturated heterocycles. The van der Waals surface area contributed by atoms with Crippen molar-refractivity contribution in [2.24, 2.45) is 0 Å². The van der Waals surface area contributed by atoms with Crippen molar-refractivity contribution in [3.63, 3.8) is 0 Å². The molecule has 0 radical (unpaired) electrons. The van der Waals surface area contributed by atoms with Gasteiger partial charge in [0.25, 0.3) is 0 Å². The number of ether oxygens (including phenoxy) is 1. The van der Waals surface area contributed by atoms with E-state index in [0.29, 0.717) is 18.8 Å². The molecule has 10 heteroatoms. The topological polar surface area (TPSA) is 92.8 Å². The Morgan fingerprint density at radius 2 is 1.86 bits per heavy atom. The highest BCUT2D eigenvalue weighted by Gasteiger charge is 2.33. The lowest BCUT2D eigenvalue weighted by Crippen LogP contribution is -2.45. The molecule has 7 nitrogen and oxygen atoms in total. The zero-order valence-electron chi connectivity index (χ0n) is 15.3. The minimum Gasteiger partial charge on any atom is -0.379 e. The van der Waals surface area contributed by atoms with E-state index < -0.39 is 31.1 Å². The monoisotopic (exact) mass is 430 g/mol. The largest absolute Gasteiger partial charge is 0.379 e. The van der Waals surface area contributed by atoms with Crippen LogP contribution in [0.2, 0.25) is 0 Å². The maximum absolute atomic E-state index is 13.6. The average molecular weight is 431 g/mol. The molecule has 3 rings (SSSR count). The fourth-order valence-corrected chi connectivity index (χ4v) is 6.07. The van der Waals surface area contributed by atoms with Crippen LogP contribution in [0.15, 0.2) is 47.4 Å². The quantitative estimate of drug-likeness (QED) is 0.701. The van der Waals surface area contributed by atoms with Gasteiger partial charge in [0.05, 0.1) is 23.4 Å². The van der Waals surface area contributed by atoms with Crippen LogP contribution < -0.4 is 4.72 Å². The number of hydrogen-bond donors (Lipinski definition) is 1. The van der Waals surface area contributed by atoms with E-state index in [9.17, 15) is 21.2 Å². The third kappa shape index (κ3) is 4.87. The van der Waals surface area contributed by atoms with Gasteiger partial charge in [-0.1, -0.05) is 24.3 Å². The van der Waals surface area contributed by atoms with Gasteiger partial charge < -0.3 is 4.74 Å². The van der Waals surface area contributed by atoms with E-state index in [1.807, 2.05) is 0 Å². The Labute approximate surface area is 165 Å². The Morgan fingerprint density at radius 3 is 2.57 bits per heavy atom. The molecule has 0 aromatic heterocycles. The van der Waals surface area contributed by atoms with E-state index in [-0.39, 0.29) is 37.4 Å². The number of rotatable bonds is 7. The van der Waals surface area contributed by atoms with Crippen LogP contribution in [0.1, 0.15) is 12.0 Å². The van der Waals surface area contributed by atoms with Gasteiger partial charge in [-0.15, -0.1) is 0 Å². The number of morpholine rings is 1. The lowest BCUT2D eigenvalue weighted by atomic mass is 10.1. The van der Waals surface area contributed by atoms with Crippen molar-refractivity contribution in [1.29, 1.82) is 0 Å². The van der Waals surface area contributed by atoms with Gasteiger partial charge >= 0.3 is 0 Å². The van der Waals surface area contributed by atoms with E-state index in [2.05, 4.69) is 4.72 Å². The second kappa shape index (κ2) is 8.83. The zero-order chi connectivity index (χ0) is 20.2. The molecule has 28 heavy (non-hydrogen) atoms. The standard InChI is InChI=1S/C18H23FN2O5S2/c19-18-7-2-1-4-15(18)8-9-20-27(22,23)16-5-3-6-17(14-16)28(24,25)21-10-12-26-13-11-21/h1-5,7,14,17,20H,6,8-13H2. The Balaban J connectivity index is 1.68. The van der Waals surface area contributed by atoms with Crippen molar-refractivity contribution in [3.05, 3.63) is 58.8 Å². The number of nitrogens with zero attached hydrogens (tertiary/aromatic N) is 1. The van der Waals surface area contributed by atoms with E-state index in [0.717, 1.165) is 0 Å². The molecular formula is C18H23FN2O5S2. The number of nitrogens with one attached hydrogen (secondary N) is 1. The van der Waals surface area contributed by atoms with Gasteiger partial charge in [0.2, 0.25) is 20.0 Å². The van der Waals surface area contributed by atoms with Crippen LogP contribution in [0.5, 0.6) is 0 Å². The number of halogens is 1. The summed E-state index contributed by atoms with van der Waals surface area (Å²) in [7, 11) is -7.56. The fraction of sp³-hybridized carbons (Fsp3) is 0.444. The van der Waals surface area contributed by atoms with Crippen molar-refractivity contribution in [2.75, 3.05) is 32.8 Å². The third-order valence-corrected chi connectivity index (χ3v) is 8.32. The molecule has 0 bridgehead atoms. The molecule has 1 unspecified atom stereocenters. The van der Waals surface area contributed by atoms with E-state index in [1.54, 1.807) is 24.3 Å². The number of sulfonamides is 2. The van der Waals surface area contributed by atoms with Crippen LogP contribution in [-0.2, 0) is 31.2 Å². The second-order valence-corrected chi connectivity index (χ2v) is 10.5. The van der Waals surface area contributed by atoms with Crippen molar-refractivity contribution in [3.8, 4) is 0 Å². The van der Waals surface area contributed by atoms with Crippen LogP contribution in [0.3, 0.4) is 0 Å². The minimum atomic E-state index is -3.90. The highest BCUT2D eigenvalue weighted by atomic mass is 32.2. The highest BCUT2D eigenvalue weighted by molar-refractivity contribution is 7.93. The Bertz CT molecular complexity index is 967. The average Bonchev–Trinajstić information content (AvgIpc) is 2.70. The zero-order valence-corrected chi connectivity index (χ0v) is 16.9. The minimum absolute atomic E-state index is 0.00925. The van der Waals surface area contributed by atoms with Gasteiger partial charge in [0.15, 0.2) is 0 Å². The van der Waals surface area contributed by atoms with Gasteiger partial charge in [-0.25, -0.2) is 25.9 Å². The maximum Gasteiger partial charge on any atom is 0.240 e. The Hall–Kier alpha value is -1.59. The molecule has 1 heterocycles.